The minimum Gasteiger partial charge on any atom is -0.496 e. The Bertz CT molecular complexity index is 713. The highest BCUT2D eigenvalue weighted by Gasteiger charge is 2.45. The highest BCUT2D eigenvalue weighted by Crippen LogP contribution is 2.47. The number of hydrogen-bond acceptors (Lipinski definition) is 3. The summed E-state index contributed by atoms with van der Waals surface area (Å²) < 4.78 is 5.41. The van der Waals surface area contributed by atoms with Crippen LogP contribution < -0.4 is 10.1 Å². The fourth-order valence-corrected chi connectivity index (χ4v) is 3.24. The number of carbonyl (C=O) groups is 1. The Morgan fingerprint density at radius 3 is 2.79 bits per heavy atom. The molecule has 24 heavy (non-hydrogen) atoms. The van der Waals surface area contributed by atoms with Gasteiger partial charge in [0.25, 0.3) is 0 Å². The Kier molecular flexibility index (Phi) is 4.56. The first-order valence-corrected chi connectivity index (χ1v) is 8.34. The molecule has 1 aliphatic rings. The molecule has 1 aromatic carbocycles. The zero-order chi connectivity index (χ0) is 17.2. The molecule has 1 heterocycles. The van der Waals surface area contributed by atoms with Crippen molar-refractivity contribution in [3.8, 4) is 5.75 Å². The molecule has 1 amide bonds. The van der Waals surface area contributed by atoms with Crippen LogP contribution in [0.5, 0.6) is 5.75 Å². The molecule has 0 radical (unpaired) electrons. The summed E-state index contributed by atoms with van der Waals surface area (Å²) >= 11 is 0. The van der Waals surface area contributed by atoms with Crippen LogP contribution in [0.25, 0.3) is 0 Å². The van der Waals surface area contributed by atoms with Crippen LogP contribution in [0.15, 0.2) is 48.8 Å². The van der Waals surface area contributed by atoms with Crippen LogP contribution >= 0.6 is 0 Å². The fraction of sp³-hybridized carbons (Fsp3) is 0.400. The molecule has 3 rings (SSSR count). The van der Waals surface area contributed by atoms with E-state index in [1.165, 1.54) is 0 Å². The van der Waals surface area contributed by atoms with E-state index in [1.807, 2.05) is 42.6 Å². The molecule has 0 bridgehead atoms. The van der Waals surface area contributed by atoms with Gasteiger partial charge in [-0.1, -0.05) is 24.3 Å². The van der Waals surface area contributed by atoms with E-state index in [4.69, 9.17) is 4.74 Å². The summed E-state index contributed by atoms with van der Waals surface area (Å²) in [6.07, 6.45) is 5.25. The van der Waals surface area contributed by atoms with Crippen molar-refractivity contribution in [1.82, 2.24) is 10.3 Å². The summed E-state index contributed by atoms with van der Waals surface area (Å²) in [5.41, 5.74) is 1.93. The molecule has 4 nitrogen and oxygen atoms in total. The molecule has 1 aromatic heterocycles. The van der Waals surface area contributed by atoms with E-state index in [1.54, 1.807) is 13.3 Å². The molecule has 0 unspecified atom stereocenters. The lowest BCUT2D eigenvalue weighted by Crippen LogP contribution is -2.46. The quantitative estimate of drug-likeness (QED) is 0.887. The van der Waals surface area contributed by atoms with Crippen molar-refractivity contribution in [3.05, 3.63) is 59.9 Å². The van der Waals surface area contributed by atoms with Gasteiger partial charge in [-0.15, -0.1) is 0 Å². The SMILES string of the molecule is COc1ccccc1CC(C)(C)NC(=O)[C@H]1C[C@H]1c1cccnc1. The third-order valence-electron chi connectivity index (χ3n) is 4.53. The van der Waals surface area contributed by atoms with Crippen LogP contribution in [0.1, 0.15) is 37.3 Å². The second-order valence-corrected chi connectivity index (χ2v) is 7.10. The standard InChI is InChI=1S/C20H24N2O2/c1-20(2,12-14-7-4-5-9-18(14)24-3)22-19(23)17-11-16(17)15-8-6-10-21-13-15/h4-10,13,16-17H,11-12H2,1-3H3,(H,22,23)/t16-,17-/m0/s1. The molecule has 0 saturated heterocycles. The summed E-state index contributed by atoms with van der Waals surface area (Å²) in [6.45, 7) is 4.11. The molecular formula is C20H24N2O2. The minimum atomic E-state index is -0.326. The van der Waals surface area contributed by atoms with Gasteiger partial charge in [0.15, 0.2) is 0 Å². The Balaban J connectivity index is 1.62. The van der Waals surface area contributed by atoms with E-state index in [2.05, 4.69) is 24.1 Å². The molecule has 1 aliphatic carbocycles. The van der Waals surface area contributed by atoms with Gasteiger partial charge in [-0.05, 0) is 55.9 Å². The number of carbonyl (C=O) groups excluding carboxylic acids is 1. The molecule has 2 aromatic rings. The number of amides is 1. The Hall–Kier alpha value is -2.36. The largest absolute Gasteiger partial charge is 0.496 e. The lowest BCUT2D eigenvalue weighted by atomic mass is 9.94. The second-order valence-electron chi connectivity index (χ2n) is 7.10. The van der Waals surface area contributed by atoms with E-state index >= 15 is 0 Å². The number of nitrogens with zero attached hydrogens (tertiary/aromatic N) is 1. The highest BCUT2D eigenvalue weighted by molar-refractivity contribution is 5.83. The van der Waals surface area contributed by atoms with Crippen LogP contribution in [0.2, 0.25) is 0 Å². The average Bonchev–Trinajstić information content (AvgIpc) is 3.36. The first kappa shape index (κ1) is 16.5. The molecule has 2 atom stereocenters. The average molecular weight is 324 g/mol. The van der Waals surface area contributed by atoms with Crippen LogP contribution in [0.3, 0.4) is 0 Å². The van der Waals surface area contributed by atoms with Crippen LogP contribution in [-0.4, -0.2) is 23.5 Å². The maximum atomic E-state index is 12.6. The first-order chi connectivity index (χ1) is 11.5. The van der Waals surface area contributed by atoms with Crippen molar-refractivity contribution in [1.29, 1.82) is 0 Å². The maximum Gasteiger partial charge on any atom is 0.224 e. The number of benzene rings is 1. The fourth-order valence-electron chi connectivity index (χ4n) is 3.24. The van der Waals surface area contributed by atoms with Crippen molar-refractivity contribution in [2.45, 2.75) is 38.1 Å². The molecular weight excluding hydrogens is 300 g/mol. The molecule has 1 N–H and O–H groups in total. The van der Waals surface area contributed by atoms with E-state index in [-0.39, 0.29) is 17.4 Å². The van der Waals surface area contributed by atoms with Crippen molar-refractivity contribution < 1.29 is 9.53 Å². The number of nitrogens with one attached hydrogen (secondary N) is 1. The smallest absolute Gasteiger partial charge is 0.224 e. The summed E-state index contributed by atoms with van der Waals surface area (Å²) in [7, 11) is 1.67. The number of pyridine rings is 1. The predicted octanol–water partition coefficient (Wildman–Crippen LogP) is 3.33. The zero-order valence-corrected chi connectivity index (χ0v) is 14.5. The zero-order valence-electron chi connectivity index (χ0n) is 14.5. The van der Waals surface area contributed by atoms with Gasteiger partial charge < -0.3 is 10.1 Å². The number of rotatable bonds is 6. The normalized spacial score (nSPS) is 19.6. The lowest BCUT2D eigenvalue weighted by molar-refractivity contribution is -0.124. The third kappa shape index (κ3) is 3.75. The number of hydrogen-bond donors (Lipinski definition) is 1. The van der Waals surface area contributed by atoms with Crippen molar-refractivity contribution in [2.75, 3.05) is 7.11 Å². The second kappa shape index (κ2) is 6.63. The van der Waals surface area contributed by atoms with Crippen molar-refractivity contribution in [2.24, 2.45) is 5.92 Å². The topological polar surface area (TPSA) is 51.2 Å². The summed E-state index contributed by atoms with van der Waals surface area (Å²) in [5.74, 6) is 1.36. The summed E-state index contributed by atoms with van der Waals surface area (Å²) in [6, 6.07) is 11.9. The van der Waals surface area contributed by atoms with Gasteiger partial charge in [0, 0.05) is 23.9 Å². The van der Waals surface area contributed by atoms with Gasteiger partial charge in [0.05, 0.1) is 7.11 Å². The van der Waals surface area contributed by atoms with Crippen molar-refractivity contribution >= 4 is 5.91 Å². The van der Waals surface area contributed by atoms with E-state index in [0.717, 1.165) is 29.7 Å². The van der Waals surface area contributed by atoms with Gasteiger partial charge in [0.1, 0.15) is 5.75 Å². The van der Waals surface area contributed by atoms with Gasteiger partial charge in [-0.2, -0.15) is 0 Å². The molecule has 4 heteroatoms. The molecule has 126 valence electrons. The number of ether oxygens (including phenoxy) is 1. The van der Waals surface area contributed by atoms with E-state index < -0.39 is 0 Å². The predicted molar refractivity (Wildman–Crippen MR) is 94.0 cm³/mol. The Labute approximate surface area is 143 Å². The maximum absolute atomic E-state index is 12.6. The van der Waals surface area contributed by atoms with Gasteiger partial charge in [0.2, 0.25) is 5.91 Å². The van der Waals surface area contributed by atoms with Gasteiger partial charge in [-0.25, -0.2) is 0 Å². The summed E-state index contributed by atoms with van der Waals surface area (Å²) in [5, 5.41) is 3.20. The molecule has 0 spiro atoms. The minimum absolute atomic E-state index is 0.0612. The van der Waals surface area contributed by atoms with Gasteiger partial charge >= 0.3 is 0 Å². The summed E-state index contributed by atoms with van der Waals surface area (Å²) in [4.78, 5) is 16.7. The highest BCUT2D eigenvalue weighted by atomic mass is 16.5. The number of methoxy groups -OCH3 is 1. The third-order valence-corrected chi connectivity index (χ3v) is 4.53. The Morgan fingerprint density at radius 1 is 1.29 bits per heavy atom. The van der Waals surface area contributed by atoms with E-state index in [9.17, 15) is 4.79 Å². The van der Waals surface area contributed by atoms with Crippen molar-refractivity contribution in [3.63, 3.8) is 0 Å². The molecule has 0 aliphatic heterocycles. The van der Waals surface area contributed by atoms with Crippen LogP contribution in [0.4, 0.5) is 0 Å². The molecule has 1 saturated carbocycles. The molecule has 1 fully saturated rings. The lowest BCUT2D eigenvalue weighted by Gasteiger charge is -2.27. The first-order valence-electron chi connectivity index (χ1n) is 8.34. The monoisotopic (exact) mass is 324 g/mol. The number of aromatic nitrogens is 1. The van der Waals surface area contributed by atoms with Crippen LogP contribution in [-0.2, 0) is 11.2 Å². The Morgan fingerprint density at radius 2 is 2.08 bits per heavy atom. The van der Waals surface area contributed by atoms with Gasteiger partial charge in [-0.3, -0.25) is 9.78 Å². The van der Waals surface area contributed by atoms with Crippen LogP contribution in [0, 0.1) is 5.92 Å². The number of para-hydroxylation sites is 1. The van der Waals surface area contributed by atoms with E-state index in [0.29, 0.717) is 5.92 Å².